The highest BCUT2D eigenvalue weighted by Gasteiger charge is 2.11. The SMILES string of the molecule is NC(=O)COc1ccc2[nH]c3cnc(C(=O)O)cc3c2c1. The number of hydrogen-bond acceptors (Lipinski definition) is 4. The number of ether oxygens (including phenoxy) is 1. The lowest BCUT2D eigenvalue weighted by Gasteiger charge is -2.03. The summed E-state index contributed by atoms with van der Waals surface area (Å²) in [7, 11) is 0. The van der Waals surface area contributed by atoms with Gasteiger partial charge in [-0.15, -0.1) is 0 Å². The second kappa shape index (κ2) is 4.78. The molecule has 0 aliphatic carbocycles. The van der Waals surface area contributed by atoms with Gasteiger partial charge in [0.15, 0.2) is 6.61 Å². The van der Waals surface area contributed by atoms with Gasteiger partial charge in [0.25, 0.3) is 5.91 Å². The van der Waals surface area contributed by atoms with Gasteiger partial charge in [-0.2, -0.15) is 0 Å². The number of aromatic carboxylic acids is 1. The fourth-order valence-corrected chi connectivity index (χ4v) is 2.14. The maximum atomic E-state index is 11.0. The molecule has 0 unspecified atom stereocenters. The highest BCUT2D eigenvalue weighted by atomic mass is 16.5. The van der Waals surface area contributed by atoms with E-state index in [2.05, 4.69) is 9.97 Å². The Balaban J connectivity index is 2.13. The van der Waals surface area contributed by atoms with Gasteiger partial charge < -0.3 is 20.6 Å². The van der Waals surface area contributed by atoms with Gasteiger partial charge in [0.1, 0.15) is 11.4 Å². The molecule has 0 spiro atoms. The second-order valence-corrected chi connectivity index (χ2v) is 4.51. The van der Waals surface area contributed by atoms with Crippen LogP contribution in [0.5, 0.6) is 5.75 Å². The number of carbonyl (C=O) groups excluding carboxylic acids is 1. The maximum absolute atomic E-state index is 11.0. The molecule has 106 valence electrons. The van der Waals surface area contributed by atoms with E-state index in [1.165, 1.54) is 12.3 Å². The van der Waals surface area contributed by atoms with Crippen molar-refractivity contribution in [2.75, 3.05) is 6.61 Å². The van der Waals surface area contributed by atoms with E-state index < -0.39 is 11.9 Å². The van der Waals surface area contributed by atoms with Crippen molar-refractivity contribution in [3.05, 3.63) is 36.2 Å². The van der Waals surface area contributed by atoms with Crippen LogP contribution in [-0.2, 0) is 4.79 Å². The van der Waals surface area contributed by atoms with Crippen molar-refractivity contribution in [2.45, 2.75) is 0 Å². The summed E-state index contributed by atoms with van der Waals surface area (Å²) < 4.78 is 5.25. The van der Waals surface area contributed by atoms with Gasteiger partial charge in [-0.05, 0) is 24.3 Å². The Morgan fingerprint density at radius 2 is 2.00 bits per heavy atom. The van der Waals surface area contributed by atoms with Crippen LogP contribution in [0.1, 0.15) is 10.5 Å². The number of carbonyl (C=O) groups is 2. The molecular weight excluding hydrogens is 274 g/mol. The van der Waals surface area contributed by atoms with E-state index in [0.717, 1.165) is 21.8 Å². The van der Waals surface area contributed by atoms with Crippen LogP contribution in [0.2, 0.25) is 0 Å². The predicted molar refractivity (Wildman–Crippen MR) is 75.2 cm³/mol. The number of H-pyrrole nitrogens is 1. The molecule has 1 aromatic carbocycles. The molecule has 0 aliphatic heterocycles. The Hall–Kier alpha value is -3.09. The molecule has 3 rings (SSSR count). The number of fused-ring (bicyclic) bond motifs is 3. The third-order valence-corrected chi connectivity index (χ3v) is 3.05. The van der Waals surface area contributed by atoms with Crippen LogP contribution in [-0.4, -0.2) is 33.6 Å². The summed E-state index contributed by atoms with van der Waals surface area (Å²) in [6.07, 6.45) is 1.47. The molecule has 0 fully saturated rings. The topological polar surface area (TPSA) is 118 Å². The number of carboxylic acid groups (broad SMARTS) is 1. The number of rotatable bonds is 4. The smallest absolute Gasteiger partial charge is 0.354 e. The summed E-state index contributed by atoms with van der Waals surface area (Å²) in [4.78, 5) is 28.7. The predicted octanol–water partition coefficient (Wildman–Crippen LogP) is 1.28. The van der Waals surface area contributed by atoms with Crippen molar-refractivity contribution < 1.29 is 19.4 Å². The molecule has 1 amide bonds. The van der Waals surface area contributed by atoms with Gasteiger partial charge in [0.05, 0.1) is 11.7 Å². The minimum absolute atomic E-state index is 0.0353. The van der Waals surface area contributed by atoms with Crippen molar-refractivity contribution in [3.8, 4) is 5.75 Å². The Labute approximate surface area is 118 Å². The first-order valence-electron chi connectivity index (χ1n) is 6.10. The van der Waals surface area contributed by atoms with Crippen molar-refractivity contribution in [1.29, 1.82) is 0 Å². The van der Waals surface area contributed by atoms with Crippen LogP contribution in [0.3, 0.4) is 0 Å². The fraction of sp³-hybridized carbons (Fsp3) is 0.0714. The fourth-order valence-electron chi connectivity index (χ4n) is 2.14. The average Bonchev–Trinajstić information content (AvgIpc) is 2.82. The first-order valence-corrected chi connectivity index (χ1v) is 6.10. The summed E-state index contributed by atoms with van der Waals surface area (Å²) in [6.45, 7) is -0.213. The zero-order valence-corrected chi connectivity index (χ0v) is 10.8. The van der Waals surface area contributed by atoms with E-state index in [1.54, 1.807) is 18.2 Å². The lowest BCUT2D eigenvalue weighted by Crippen LogP contribution is -2.19. The van der Waals surface area contributed by atoms with E-state index in [0.29, 0.717) is 5.75 Å². The molecular formula is C14H11N3O4. The number of pyridine rings is 1. The van der Waals surface area contributed by atoms with Gasteiger partial charge in [-0.3, -0.25) is 4.79 Å². The first kappa shape index (κ1) is 12.9. The number of nitrogens with one attached hydrogen (secondary N) is 1. The second-order valence-electron chi connectivity index (χ2n) is 4.51. The van der Waals surface area contributed by atoms with Crippen molar-refractivity contribution in [1.82, 2.24) is 9.97 Å². The number of amides is 1. The van der Waals surface area contributed by atoms with Crippen molar-refractivity contribution >= 4 is 33.7 Å². The highest BCUT2D eigenvalue weighted by molar-refractivity contribution is 6.09. The molecule has 0 bridgehead atoms. The Morgan fingerprint density at radius 1 is 1.24 bits per heavy atom. The van der Waals surface area contributed by atoms with E-state index in [9.17, 15) is 9.59 Å². The summed E-state index contributed by atoms with van der Waals surface area (Å²) in [5, 5.41) is 10.5. The van der Waals surface area contributed by atoms with Gasteiger partial charge in [-0.25, -0.2) is 9.78 Å². The highest BCUT2D eigenvalue weighted by Crippen LogP contribution is 2.28. The molecule has 0 saturated heterocycles. The lowest BCUT2D eigenvalue weighted by molar-refractivity contribution is -0.119. The maximum Gasteiger partial charge on any atom is 0.354 e. The number of nitrogens with two attached hydrogens (primary N) is 1. The largest absolute Gasteiger partial charge is 0.484 e. The van der Waals surface area contributed by atoms with Crippen LogP contribution in [0.15, 0.2) is 30.5 Å². The number of carboxylic acids is 1. The number of benzene rings is 1. The molecule has 21 heavy (non-hydrogen) atoms. The van der Waals surface area contributed by atoms with Gasteiger partial charge in [0.2, 0.25) is 0 Å². The normalized spacial score (nSPS) is 10.9. The standard InChI is InChI=1S/C14H11N3O4/c15-13(18)6-21-7-1-2-10-8(3-7)9-4-11(14(19)20)16-5-12(9)17-10/h1-5,17H,6H2,(H2,15,18)(H,19,20). The Morgan fingerprint density at radius 3 is 2.71 bits per heavy atom. The van der Waals surface area contributed by atoms with Crippen LogP contribution in [0, 0.1) is 0 Å². The van der Waals surface area contributed by atoms with Crippen molar-refractivity contribution in [2.24, 2.45) is 5.73 Å². The van der Waals surface area contributed by atoms with Crippen LogP contribution >= 0.6 is 0 Å². The molecule has 0 radical (unpaired) electrons. The van der Waals surface area contributed by atoms with Crippen molar-refractivity contribution in [3.63, 3.8) is 0 Å². The third-order valence-electron chi connectivity index (χ3n) is 3.05. The van der Waals surface area contributed by atoms with Crippen LogP contribution in [0.25, 0.3) is 21.8 Å². The quantitative estimate of drug-likeness (QED) is 0.667. The van der Waals surface area contributed by atoms with Gasteiger partial charge >= 0.3 is 5.97 Å². The van der Waals surface area contributed by atoms with E-state index in [-0.39, 0.29) is 12.3 Å². The van der Waals surface area contributed by atoms with E-state index >= 15 is 0 Å². The van der Waals surface area contributed by atoms with Crippen LogP contribution < -0.4 is 10.5 Å². The molecule has 2 aromatic heterocycles. The molecule has 0 atom stereocenters. The van der Waals surface area contributed by atoms with E-state index in [4.69, 9.17) is 15.6 Å². The third kappa shape index (κ3) is 2.36. The minimum atomic E-state index is -1.09. The minimum Gasteiger partial charge on any atom is -0.484 e. The number of primary amides is 1. The van der Waals surface area contributed by atoms with E-state index in [1.807, 2.05) is 0 Å². The zero-order valence-electron chi connectivity index (χ0n) is 10.8. The molecule has 0 aliphatic rings. The Bertz CT molecular complexity index is 869. The Kier molecular flexibility index (Phi) is 2.94. The number of aromatic nitrogens is 2. The number of hydrogen-bond donors (Lipinski definition) is 3. The monoisotopic (exact) mass is 285 g/mol. The molecule has 4 N–H and O–H groups in total. The molecule has 7 nitrogen and oxygen atoms in total. The average molecular weight is 285 g/mol. The lowest BCUT2D eigenvalue weighted by atomic mass is 10.1. The van der Waals surface area contributed by atoms with Gasteiger partial charge in [-0.1, -0.05) is 0 Å². The molecule has 2 heterocycles. The summed E-state index contributed by atoms with van der Waals surface area (Å²) in [5.74, 6) is -1.17. The molecule has 0 saturated carbocycles. The first-order chi connectivity index (χ1) is 10.0. The molecule has 3 aromatic rings. The van der Waals surface area contributed by atoms with Gasteiger partial charge in [0, 0.05) is 16.3 Å². The summed E-state index contributed by atoms with van der Waals surface area (Å²) >= 11 is 0. The summed E-state index contributed by atoms with van der Waals surface area (Å²) in [6, 6.07) is 6.70. The zero-order chi connectivity index (χ0) is 15.0. The van der Waals surface area contributed by atoms with Crippen LogP contribution in [0.4, 0.5) is 0 Å². The molecule has 7 heteroatoms. The number of aromatic amines is 1. The summed E-state index contributed by atoms with van der Waals surface area (Å²) in [5.41, 5.74) is 6.54. The number of nitrogens with zero attached hydrogens (tertiary/aromatic N) is 1.